The summed E-state index contributed by atoms with van der Waals surface area (Å²) in [6, 6.07) is 0. The van der Waals surface area contributed by atoms with Gasteiger partial charge < -0.3 is 19.3 Å². The van der Waals surface area contributed by atoms with Crippen molar-refractivity contribution >= 4 is 28.5 Å². The van der Waals surface area contributed by atoms with Gasteiger partial charge in [0.05, 0.1) is 19.3 Å². The lowest BCUT2D eigenvalue weighted by atomic mass is 9.85. The highest BCUT2D eigenvalue weighted by Crippen LogP contribution is 2.49. The monoisotopic (exact) mass is 557 g/mol. The number of hydrogen-bond donors (Lipinski definition) is 1. The summed E-state index contributed by atoms with van der Waals surface area (Å²) >= 11 is 0. The van der Waals surface area contributed by atoms with Crippen LogP contribution in [0.1, 0.15) is 106 Å². The van der Waals surface area contributed by atoms with Crippen molar-refractivity contribution in [3.05, 3.63) is 0 Å². The lowest BCUT2D eigenvalue weighted by molar-refractivity contribution is -0.140. The highest BCUT2D eigenvalue weighted by atomic mass is 28.4. The molecule has 6 nitrogen and oxygen atoms in total. The molecular weight excluding hydrogens is 498 g/mol. The molecule has 0 saturated heterocycles. The van der Waals surface area contributed by atoms with E-state index in [0.717, 1.165) is 51.4 Å². The Bertz CT molecular complexity index is 727. The number of hydrogen-bond acceptors (Lipinski definition) is 5. The summed E-state index contributed by atoms with van der Waals surface area (Å²) in [4.78, 5) is 23.0. The molecule has 0 spiro atoms. The van der Waals surface area contributed by atoms with E-state index in [2.05, 4.69) is 67.7 Å². The zero-order chi connectivity index (χ0) is 28.7. The van der Waals surface area contributed by atoms with E-state index in [-0.39, 0.29) is 34.2 Å². The molecule has 0 aromatic rings. The van der Waals surface area contributed by atoms with E-state index in [4.69, 9.17) is 19.3 Å². The van der Waals surface area contributed by atoms with Crippen LogP contribution in [0, 0.1) is 11.8 Å². The molecule has 0 radical (unpaired) electrons. The lowest BCUT2D eigenvalue weighted by Crippen LogP contribution is -2.45. The molecule has 0 aliphatic heterocycles. The number of nitrogens with two attached hydrogens (primary N) is 1. The van der Waals surface area contributed by atoms with Gasteiger partial charge >= 0.3 is 5.97 Å². The van der Waals surface area contributed by atoms with Crippen LogP contribution in [0.2, 0.25) is 36.3 Å². The number of esters is 1. The largest absolute Gasteiger partial charge is 0.469 e. The zero-order valence-electron chi connectivity index (χ0n) is 26.0. The maximum atomic E-state index is 11.5. The summed E-state index contributed by atoms with van der Waals surface area (Å²) in [5.41, 5.74) is 5.51. The van der Waals surface area contributed by atoms with Gasteiger partial charge in [0.1, 0.15) is 0 Å². The van der Waals surface area contributed by atoms with Crippen LogP contribution in [0.4, 0.5) is 0 Å². The molecule has 1 aliphatic carbocycles. The first-order chi connectivity index (χ1) is 16.8. The molecule has 0 aromatic carbocycles. The van der Waals surface area contributed by atoms with Crippen molar-refractivity contribution in [1.82, 2.24) is 0 Å². The Balaban J connectivity index is 3.12. The van der Waals surface area contributed by atoms with Crippen molar-refractivity contribution in [2.24, 2.45) is 17.6 Å². The third-order valence-corrected chi connectivity index (χ3v) is 18.3. The topological polar surface area (TPSA) is 87.8 Å². The third-order valence-electron chi connectivity index (χ3n) is 9.33. The molecule has 1 aliphatic rings. The second kappa shape index (κ2) is 14.1. The standard InChI is InChI=1S/C29H59NO5Si2/c1-28(2,3)36(8,9)34-24-21-25(35-37(10,11)29(4,5)6)23(18-16-19-26(30)31)22(24)17-14-12-13-15-20-27(32)33-7/h22-25H,12-21H2,1-11H3,(H2,30,31)/t22-,23-,24?,25?/m1/s1. The van der Waals surface area contributed by atoms with E-state index in [1.54, 1.807) is 0 Å². The van der Waals surface area contributed by atoms with Crippen LogP contribution in [0.3, 0.4) is 0 Å². The summed E-state index contributed by atoms with van der Waals surface area (Å²) < 4.78 is 19.0. The van der Waals surface area contributed by atoms with Gasteiger partial charge in [-0.1, -0.05) is 60.8 Å². The second-order valence-corrected chi connectivity index (χ2v) is 23.8. The number of methoxy groups -OCH3 is 1. The highest BCUT2D eigenvalue weighted by Gasteiger charge is 2.50. The molecule has 2 N–H and O–H groups in total. The van der Waals surface area contributed by atoms with E-state index < -0.39 is 16.6 Å². The van der Waals surface area contributed by atoms with Crippen LogP contribution in [0.15, 0.2) is 0 Å². The van der Waals surface area contributed by atoms with Gasteiger partial charge in [0.2, 0.25) is 5.91 Å². The first kappa shape index (κ1) is 34.3. The molecule has 1 rings (SSSR count). The molecule has 0 bridgehead atoms. The van der Waals surface area contributed by atoms with Gasteiger partial charge in [0, 0.05) is 12.8 Å². The van der Waals surface area contributed by atoms with E-state index in [0.29, 0.717) is 24.7 Å². The van der Waals surface area contributed by atoms with Gasteiger partial charge in [-0.05, 0) is 80.2 Å². The molecule has 0 heterocycles. The maximum absolute atomic E-state index is 11.5. The van der Waals surface area contributed by atoms with Crippen molar-refractivity contribution in [3.63, 3.8) is 0 Å². The SMILES string of the molecule is COC(=O)CCCCCC[C@H]1C(O[Si](C)(C)C(C)(C)C)CC(O[Si](C)(C)C(C)(C)C)[C@@H]1CCCC(N)=O. The number of primary amides is 1. The van der Waals surface area contributed by atoms with E-state index in [1.165, 1.54) is 7.11 Å². The summed E-state index contributed by atoms with van der Waals surface area (Å²) in [7, 11) is -2.48. The maximum Gasteiger partial charge on any atom is 0.305 e. The molecule has 0 aromatic heterocycles. The van der Waals surface area contributed by atoms with Crippen molar-refractivity contribution < 1.29 is 23.2 Å². The molecular formula is C29H59NO5Si2. The normalized spacial score (nSPS) is 23.3. The van der Waals surface area contributed by atoms with Crippen molar-refractivity contribution in [3.8, 4) is 0 Å². The van der Waals surface area contributed by atoms with Crippen LogP contribution >= 0.6 is 0 Å². The molecule has 218 valence electrons. The lowest BCUT2D eigenvalue weighted by Gasteiger charge is -2.40. The van der Waals surface area contributed by atoms with Crippen LogP contribution in [-0.2, 0) is 23.2 Å². The number of rotatable bonds is 15. The Morgan fingerprint density at radius 3 is 1.57 bits per heavy atom. The number of ether oxygens (including phenoxy) is 1. The van der Waals surface area contributed by atoms with Gasteiger partial charge in [-0.3, -0.25) is 9.59 Å². The fourth-order valence-corrected chi connectivity index (χ4v) is 7.69. The number of amides is 1. The van der Waals surface area contributed by atoms with Gasteiger partial charge in [-0.25, -0.2) is 0 Å². The predicted octanol–water partition coefficient (Wildman–Crippen LogP) is 7.57. The van der Waals surface area contributed by atoms with Gasteiger partial charge in [-0.2, -0.15) is 0 Å². The van der Waals surface area contributed by atoms with Crippen LogP contribution in [0.25, 0.3) is 0 Å². The summed E-state index contributed by atoms with van der Waals surface area (Å²) in [6.45, 7) is 23.2. The van der Waals surface area contributed by atoms with Crippen molar-refractivity contribution in [2.45, 2.75) is 154 Å². The number of carbonyl (C=O) groups is 2. The summed E-state index contributed by atoms with van der Waals surface area (Å²) in [5.74, 6) is 0.436. The fourth-order valence-electron chi connectivity index (χ4n) is 4.93. The molecule has 1 amide bonds. The minimum atomic E-state index is -1.97. The predicted molar refractivity (Wildman–Crippen MR) is 159 cm³/mol. The van der Waals surface area contributed by atoms with Gasteiger partial charge in [-0.15, -0.1) is 0 Å². The van der Waals surface area contributed by atoms with E-state index >= 15 is 0 Å². The van der Waals surface area contributed by atoms with E-state index in [9.17, 15) is 9.59 Å². The average molecular weight is 558 g/mol. The third kappa shape index (κ3) is 10.8. The van der Waals surface area contributed by atoms with E-state index in [1.807, 2.05) is 0 Å². The Labute approximate surface area is 230 Å². The average Bonchev–Trinajstić information content (AvgIpc) is 3.03. The first-order valence-corrected chi connectivity index (χ1v) is 20.3. The smallest absolute Gasteiger partial charge is 0.305 e. The minimum absolute atomic E-state index is 0.126. The first-order valence-electron chi connectivity index (χ1n) is 14.5. The zero-order valence-corrected chi connectivity index (χ0v) is 28.0. The van der Waals surface area contributed by atoms with Gasteiger partial charge in [0.25, 0.3) is 0 Å². The van der Waals surface area contributed by atoms with Crippen LogP contribution in [0.5, 0.6) is 0 Å². The Morgan fingerprint density at radius 1 is 0.730 bits per heavy atom. The Kier molecular flexibility index (Phi) is 13.1. The van der Waals surface area contributed by atoms with Crippen molar-refractivity contribution in [2.75, 3.05) is 7.11 Å². The molecule has 8 heteroatoms. The molecule has 2 unspecified atom stereocenters. The summed E-state index contributed by atoms with van der Waals surface area (Å²) in [6.07, 6.45) is 9.18. The fraction of sp³-hybridized carbons (Fsp3) is 0.931. The number of carbonyl (C=O) groups excluding carboxylic acids is 2. The minimum Gasteiger partial charge on any atom is -0.469 e. The Morgan fingerprint density at radius 2 is 1.16 bits per heavy atom. The molecule has 4 atom stereocenters. The molecule has 1 saturated carbocycles. The van der Waals surface area contributed by atoms with Gasteiger partial charge in [0.15, 0.2) is 16.6 Å². The van der Waals surface area contributed by atoms with Crippen LogP contribution in [-0.4, -0.2) is 47.8 Å². The Hall–Kier alpha value is -0.706. The number of unbranched alkanes of at least 4 members (excludes halogenated alkanes) is 3. The molecule has 1 fully saturated rings. The van der Waals surface area contributed by atoms with Crippen LogP contribution < -0.4 is 5.73 Å². The molecule has 37 heavy (non-hydrogen) atoms. The highest BCUT2D eigenvalue weighted by molar-refractivity contribution is 6.74. The quantitative estimate of drug-likeness (QED) is 0.127. The van der Waals surface area contributed by atoms with Crippen molar-refractivity contribution in [1.29, 1.82) is 0 Å². The summed E-state index contributed by atoms with van der Waals surface area (Å²) in [5, 5.41) is 0.281. The second-order valence-electron chi connectivity index (χ2n) is 14.3.